The second kappa shape index (κ2) is 7.72. The summed E-state index contributed by atoms with van der Waals surface area (Å²) in [5, 5.41) is 2.96. The summed E-state index contributed by atoms with van der Waals surface area (Å²) in [6.45, 7) is 2.04. The SMILES string of the molecule is CCc1ccc(N2C(=O)C(Nc3cccc(F)c3)=C(c3ccccc3)C2=O)cc1. The van der Waals surface area contributed by atoms with Gasteiger partial charge in [-0.2, -0.15) is 0 Å². The van der Waals surface area contributed by atoms with Gasteiger partial charge in [-0.05, 0) is 47.9 Å². The zero-order chi connectivity index (χ0) is 20.4. The Morgan fingerprint density at radius 1 is 0.862 bits per heavy atom. The zero-order valence-electron chi connectivity index (χ0n) is 15.9. The van der Waals surface area contributed by atoms with Crippen molar-refractivity contribution in [2.24, 2.45) is 0 Å². The number of rotatable bonds is 5. The molecule has 29 heavy (non-hydrogen) atoms. The Kier molecular flexibility index (Phi) is 4.96. The first kappa shape index (κ1) is 18.6. The third-order valence-corrected chi connectivity index (χ3v) is 4.84. The molecule has 0 atom stereocenters. The Labute approximate surface area is 168 Å². The van der Waals surface area contributed by atoms with E-state index in [0.717, 1.165) is 16.9 Å². The fourth-order valence-corrected chi connectivity index (χ4v) is 3.34. The number of hydrogen-bond acceptors (Lipinski definition) is 3. The van der Waals surface area contributed by atoms with Crippen molar-refractivity contribution in [2.45, 2.75) is 13.3 Å². The molecule has 0 spiro atoms. The van der Waals surface area contributed by atoms with Crippen LogP contribution in [0.1, 0.15) is 18.1 Å². The Balaban J connectivity index is 1.79. The van der Waals surface area contributed by atoms with Gasteiger partial charge in [-0.3, -0.25) is 9.59 Å². The van der Waals surface area contributed by atoms with Gasteiger partial charge in [0.05, 0.1) is 11.3 Å². The van der Waals surface area contributed by atoms with Gasteiger partial charge in [-0.25, -0.2) is 9.29 Å². The Hall–Kier alpha value is -3.73. The predicted octanol–water partition coefficient (Wildman–Crippen LogP) is 4.78. The number of nitrogens with zero attached hydrogens (tertiary/aromatic N) is 1. The van der Waals surface area contributed by atoms with Gasteiger partial charge in [0.25, 0.3) is 11.8 Å². The maximum atomic E-state index is 13.6. The number of benzene rings is 3. The molecule has 4 nitrogen and oxygen atoms in total. The van der Waals surface area contributed by atoms with E-state index in [2.05, 4.69) is 5.32 Å². The summed E-state index contributed by atoms with van der Waals surface area (Å²) in [6, 6.07) is 22.1. The van der Waals surface area contributed by atoms with Crippen molar-refractivity contribution in [2.75, 3.05) is 10.2 Å². The summed E-state index contributed by atoms with van der Waals surface area (Å²) < 4.78 is 13.6. The molecule has 1 aliphatic rings. The summed E-state index contributed by atoms with van der Waals surface area (Å²) in [5.41, 5.74) is 3.03. The summed E-state index contributed by atoms with van der Waals surface area (Å²) in [5.74, 6) is -1.31. The van der Waals surface area contributed by atoms with Crippen molar-refractivity contribution < 1.29 is 14.0 Å². The Morgan fingerprint density at radius 2 is 1.59 bits per heavy atom. The molecular formula is C24H19FN2O2. The first-order valence-electron chi connectivity index (χ1n) is 9.38. The number of carbonyl (C=O) groups excluding carboxylic acids is 2. The molecule has 144 valence electrons. The van der Waals surface area contributed by atoms with Gasteiger partial charge in [0, 0.05) is 5.69 Å². The molecule has 0 aliphatic carbocycles. The lowest BCUT2D eigenvalue weighted by Gasteiger charge is -2.16. The topological polar surface area (TPSA) is 49.4 Å². The minimum absolute atomic E-state index is 0.131. The second-order valence-electron chi connectivity index (χ2n) is 6.72. The van der Waals surface area contributed by atoms with E-state index in [-0.39, 0.29) is 11.3 Å². The van der Waals surface area contributed by atoms with Gasteiger partial charge in [-0.15, -0.1) is 0 Å². The fourth-order valence-electron chi connectivity index (χ4n) is 3.34. The van der Waals surface area contributed by atoms with E-state index < -0.39 is 17.6 Å². The van der Waals surface area contributed by atoms with Crippen LogP contribution >= 0.6 is 0 Å². The van der Waals surface area contributed by atoms with Crippen molar-refractivity contribution in [1.82, 2.24) is 0 Å². The van der Waals surface area contributed by atoms with E-state index in [9.17, 15) is 14.0 Å². The monoisotopic (exact) mass is 386 g/mol. The molecule has 0 aromatic heterocycles. The number of aryl methyl sites for hydroxylation is 1. The van der Waals surface area contributed by atoms with E-state index in [0.29, 0.717) is 16.9 Å². The van der Waals surface area contributed by atoms with Gasteiger partial charge in [-0.1, -0.05) is 55.5 Å². The van der Waals surface area contributed by atoms with Crippen molar-refractivity contribution in [3.8, 4) is 0 Å². The second-order valence-corrected chi connectivity index (χ2v) is 6.72. The van der Waals surface area contributed by atoms with Gasteiger partial charge in [0.15, 0.2) is 0 Å². The predicted molar refractivity (Wildman–Crippen MR) is 112 cm³/mol. The minimum atomic E-state index is -0.470. The first-order valence-corrected chi connectivity index (χ1v) is 9.38. The molecule has 4 rings (SSSR count). The van der Waals surface area contributed by atoms with Crippen LogP contribution in [-0.2, 0) is 16.0 Å². The van der Waals surface area contributed by atoms with Crippen LogP contribution in [0, 0.1) is 5.82 Å². The van der Waals surface area contributed by atoms with Crippen LogP contribution in [0.25, 0.3) is 5.57 Å². The number of hydrogen-bond donors (Lipinski definition) is 1. The average molecular weight is 386 g/mol. The van der Waals surface area contributed by atoms with Crippen molar-refractivity contribution in [3.05, 3.63) is 102 Å². The lowest BCUT2D eigenvalue weighted by molar-refractivity contribution is -0.120. The summed E-state index contributed by atoms with van der Waals surface area (Å²) in [7, 11) is 0. The van der Waals surface area contributed by atoms with Crippen LogP contribution in [0.2, 0.25) is 0 Å². The van der Waals surface area contributed by atoms with Crippen LogP contribution < -0.4 is 10.2 Å². The average Bonchev–Trinajstić information content (AvgIpc) is 2.98. The summed E-state index contributed by atoms with van der Waals surface area (Å²) in [6.07, 6.45) is 0.863. The van der Waals surface area contributed by atoms with E-state index in [1.165, 1.54) is 12.1 Å². The Morgan fingerprint density at radius 3 is 2.24 bits per heavy atom. The van der Waals surface area contributed by atoms with E-state index in [1.807, 2.05) is 25.1 Å². The largest absolute Gasteiger partial charge is 0.350 e. The first-order chi connectivity index (χ1) is 14.1. The zero-order valence-corrected chi connectivity index (χ0v) is 15.9. The van der Waals surface area contributed by atoms with E-state index >= 15 is 0 Å². The van der Waals surface area contributed by atoms with Crippen LogP contribution in [0.5, 0.6) is 0 Å². The van der Waals surface area contributed by atoms with Crippen LogP contribution in [0.15, 0.2) is 84.6 Å². The quantitative estimate of drug-likeness (QED) is 0.642. The molecule has 3 aromatic rings. The highest BCUT2D eigenvalue weighted by Crippen LogP contribution is 2.33. The molecule has 1 heterocycles. The number of imide groups is 1. The molecule has 2 amide bonds. The molecule has 0 fully saturated rings. The highest BCUT2D eigenvalue weighted by atomic mass is 19.1. The number of amides is 2. The van der Waals surface area contributed by atoms with Gasteiger partial charge >= 0.3 is 0 Å². The number of anilines is 2. The third kappa shape index (κ3) is 3.55. The van der Waals surface area contributed by atoms with Gasteiger partial charge in [0.1, 0.15) is 11.5 Å². The molecular weight excluding hydrogens is 367 g/mol. The molecule has 0 saturated heterocycles. The highest BCUT2D eigenvalue weighted by molar-refractivity contribution is 6.46. The number of nitrogens with one attached hydrogen (secondary N) is 1. The Bertz CT molecular complexity index is 1110. The maximum absolute atomic E-state index is 13.6. The van der Waals surface area contributed by atoms with Crippen LogP contribution in [-0.4, -0.2) is 11.8 Å². The van der Waals surface area contributed by atoms with E-state index in [4.69, 9.17) is 0 Å². The molecule has 0 bridgehead atoms. The lowest BCUT2D eigenvalue weighted by Crippen LogP contribution is -2.32. The smallest absolute Gasteiger partial charge is 0.282 e. The summed E-state index contributed by atoms with van der Waals surface area (Å²) >= 11 is 0. The molecule has 0 unspecified atom stereocenters. The standard InChI is InChI=1S/C24H19FN2O2/c1-2-16-11-13-20(14-12-16)27-23(28)21(17-7-4-3-5-8-17)22(24(27)29)26-19-10-6-9-18(25)15-19/h3-15,26H,2H2,1H3. The molecule has 1 aliphatic heterocycles. The van der Waals surface area contributed by atoms with Crippen molar-refractivity contribution >= 4 is 28.8 Å². The van der Waals surface area contributed by atoms with Gasteiger partial charge in [0.2, 0.25) is 0 Å². The lowest BCUT2D eigenvalue weighted by atomic mass is 10.0. The molecule has 0 saturated carbocycles. The fraction of sp³-hybridized carbons (Fsp3) is 0.0833. The minimum Gasteiger partial charge on any atom is -0.350 e. The van der Waals surface area contributed by atoms with E-state index in [1.54, 1.807) is 48.5 Å². The number of halogens is 1. The van der Waals surface area contributed by atoms with Gasteiger partial charge < -0.3 is 5.32 Å². The van der Waals surface area contributed by atoms with Crippen molar-refractivity contribution in [1.29, 1.82) is 0 Å². The van der Waals surface area contributed by atoms with Crippen LogP contribution in [0.3, 0.4) is 0 Å². The molecule has 5 heteroatoms. The third-order valence-electron chi connectivity index (χ3n) is 4.84. The molecule has 0 radical (unpaired) electrons. The molecule has 3 aromatic carbocycles. The normalized spacial score (nSPS) is 13.9. The molecule has 1 N–H and O–H groups in total. The summed E-state index contributed by atoms with van der Waals surface area (Å²) in [4.78, 5) is 27.7. The van der Waals surface area contributed by atoms with Crippen LogP contribution in [0.4, 0.5) is 15.8 Å². The number of carbonyl (C=O) groups is 2. The van der Waals surface area contributed by atoms with Crippen molar-refractivity contribution in [3.63, 3.8) is 0 Å². The highest BCUT2D eigenvalue weighted by Gasteiger charge is 2.40. The maximum Gasteiger partial charge on any atom is 0.282 e.